The fourth-order valence-electron chi connectivity index (χ4n) is 1.58. The maximum absolute atomic E-state index is 2.50. The smallest absolute Gasteiger partial charge is 0.0334 e. The molecule has 0 aliphatic carbocycles. The van der Waals surface area contributed by atoms with Gasteiger partial charge in [0.05, 0.1) is 0 Å². The highest BCUT2D eigenvalue weighted by atomic mass is 32.2. The molecule has 0 fully saturated rings. The van der Waals surface area contributed by atoms with Crippen molar-refractivity contribution in [1.82, 2.24) is 4.90 Å². The van der Waals surface area contributed by atoms with E-state index >= 15 is 0 Å². The Labute approximate surface area is 80.2 Å². The second-order valence-corrected chi connectivity index (χ2v) is 5.10. The summed E-state index contributed by atoms with van der Waals surface area (Å²) in [5, 5.41) is 2.24. The van der Waals surface area contributed by atoms with Crippen molar-refractivity contribution in [3.63, 3.8) is 0 Å². The Balaban J connectivity index is 2.38. The van der Waals surface area contributed by atoms with E-state index in [1.54, 1.807) is 0 Å². The minimum Gasteiger partial charge on any atom is -0.302 e. The second kappa shape index (κ2) is 4.33. The SMILES string of the molecule is CCN(CC)CC1(C)CC=CS1. The molecule has 0 radical (unpaired) electrons. The van der Waals surface area contributed by atoms with Gasteiger partial charge in [-0.25, -0.2) is 0 Å². The van der Waals surface area contributed by atoms with Crippen LogP contribution in [0.25, 0.3) is 0 Å². The van der Waals surface area contributed by atoms with Gasteiger partial charge in [0, 0.05) is 11.3 Å². The van der Waals surface area contributed by atoms with Crippen molar-refractivity contribution in [2.75, 3.05) is 19.6 Å². The molecule has 70 valence electrons. The van der Waals surface area contributed by atoms with Crippen LogP contribution in [0, 0.1) is 0 Å². The number of hydrogen-bond donors (Lipinski definition) is 0. The van der Waals surface area contributed by atoms with Crippen LogP contribution in [0.1, 0.15) is 27.2 Å². The van der Waals surface area contributed by atoms with E-state index in [1.807, 2.05) is 11.8 Å². The molecule has 0 bridgehead atoms. The summed E-state index contributed by atoms with van der Waals surface area (Å²) in [7, 11) is 0. The Morgan fingerprint density at radius 3 is 2.50 bits per heavy atom. The molecule has 1 aliphatic heterocycles. The molecule has 12 heavy (non-hydrogen) atoms. The quantitative estimate of drug-likeness (QED) is 0.662. The van der Waals surface area contributed by atoms with E-state index in [-0.39, 0.29) is 0 Å². The molecule has 1 heterocycles. The van der Waals surface area contributed by atoms with Crippen molar-refractivity contribution in [1.29, 1.82) is 0 Å². The largest absolute Gasteiger partial charge is 0.302 e. The molecule has 0 N–H and O–H groups in total. The van der Waals surface area contributed by atoms with Crippen molar-refractivity contribution >= 4 is 11.8 Å². The van der Waals surface area contributed by atoms with Crippen LogP contribution in [0.3, 0.4) is 0 Å². The summed E-state index contributed by atoms with van der Waals surface area (Å²) in [6, 6.07) is 0. The normalized spacial score (nSPS) is 28.7. The lowest BCUT2D eigenvalue weighted by atomic mass is 10.1. The van der Waals surface area contributed by atoms with Gasteiger partial charge in [-0.1, -0.05) is 19.9 Å². The molecular formula is C10H19NS. The third-order valence-electron chi connectivity index (χ3n) is 2.45. The summed E-state index contributed by atoms with van der Waals surface area (Å²) >= 11 is 1.98. The van der Waals surface area contributed by atoms with Crippen molar-refractivity contribution in [3.05, 3.63) is 11.5 Å². The zero-order valence-corrected chi connectivity index (χ0v) is 9.16. The van der Waals surface area contributed by atoms with Gasteiger partial charge < -0.3 is 4.90 Å². The number of allylic oxidation sites excluding steroid dienone is 1. The Morgan fingerprint density at radius 2 is 2.08 bits per heavy atom. The highest BCUT2D eigenvalue weighted by Gasteiger charge is 2.27. The summed E-state index contributed by atoms with van der Waals surface area (Å²) in [6.45, 7) is 10.4. The van der Waals surface area contributed by atoms with Crippen molar-refractivity contribution in [3.8, 4) is 0 Å². The molecule has 0 aromatic rings. The van der Waals surface area contributed by atoms with Crippen LogP contribution in [0.2, 0.25) is 0 Å². The summed E-state index contributed by atoms with van der Waals surface area (Å²) in [4.78, 5) is 2.50. The summed E-state index contributed by atoms with van der Waals surface area (Å²) in [6.07, 6.45) is 3.52. The summed E-state index contributed by atoms with van der Waals surface area (Å²) in [5.41, 5.74) is 0. The van der Waals surface area contributed by atoms with Crippen LogP contribution in [0.4, 0.5) is 0 Å². The van der Waals surface area contributed by atoms with E-state index in [1.165, 1.54) is 26.1 Å². The number of nitrogens with zero attached hydrogens (tertiary/aromatic N) is 1. The summed E-state index contributed by atoms with van der Waals surface area (Å²) < 4.78 is 0.450. The van der Waals surface area contributed by atoms with Crippen LogP contribution < -0.4 is 0 Å². The predicted octanol–water partition coefficient (Wildman–Crippen LogP) is 2.74. The minimum absolute atomic E-state index is 0.450. The maximum atomic E-state index is 2.50. The standard InChI is InChI=1S/C10H19NS/c1-4-11(5-2)9-10(3)7-6-8-12-10/h6,8H,4-5,7,9H2,1-3H3. The minimum atomic E-state index is 0.450. The third kappa shape index (κ3) is 2.53. The first kappa shape index (κ1) is 10.1. The number of rotatable bonds is 4. The molecule has 1 nitrogen and oxygen atoms in total. The summed E-state index contributed by atoms with van der Waals surface area (Å²) in [5.74, 6) is 0. The lowest BCUT2D eigenvalue weighted by Gasteiger charge is -2.30. The van der Waals surface area contributed by atoms with E-state index < -0.39 is 0 Å². The van der Waals surface area contributed by atoms with E-state index in [4.69, 9.17) is 0 Å². The molecule has 1 aliphatic rings. The molecule has 1 atom stereocenters. The average molecular weight is 185 g/mol. The van der Waals surface area contributed by atoms with Crippen LogP contribution in [0.15, 0.2) is 11.5 Å². The molecule has 0 saturated heterocycles. The van der Waals surface area contributed by atoms with Gasteiger partial charge in [-0.2, -0.15) is 0 Å². The van der Waals surface area contributed by atoms with Gasteiger partial charge in [0.25, 0.3) is 0 Å². The fraction of sp³-hybridized carbons (Fsp3) is 0.800. The zero-order valence-electron chi connectivity index (χ0n) is 8.34. The first-order valence-electron chi connectivity index (χ1n) is 4.75. The third-order valence-corrected chi connectivity index (χ3v) is 3.64. The van der Waals surface area contributed by atoms with Gasteiger partial charge >= 0.3 is 0 Å². The predicted molar refractivity (Wildman–Crippen MR) is 57.5 cm³/mol. The van der Waals surface area contributed by atoms with Crippen LogP contribution in [-0.2, 0) is 0 Å². The number of thioether (sulfide) groups is 1. The van der Waals surface area contributed by atoms with Gasteiger partial charge in [-0.15, -0.1) is 11.8 Å². The highest BCUT2D eigenvalue weighted by molar-refractivity contribution is 8.03. The Kier molecular flexibility index (Phi) is 3.66. The molecule has 0 amide bonds. The van der Waals surface area contributed by atoms with Crippen molar-refractivity contribution in [2.24, 2.45) is 0 Å². The molecular weight excluding hydrogens is 166 g/mol. The molecule has 2 heteroatoms. The zero-order chi connectivity index (χ0) is 9.03. The maximum Gasteiger partial charge on any atom is 0.0334 e. The van der Waals surface area contributed by atoms with Gasteiger partial charge in [0.2, 0.25) is 0 Å². The monoisotopic (exact) mass is 185 g/mol. The van der Waals surface area contributed by atoms with Gasteiger partial charge in [-0.05, 0) is 31.8 Å². The molecule has 1 unspecified atom stereocenters. The van der Waals surface area contributed by atoms with Gasteiger partial charge in [-0.3, -0.25) is 0 Å². The Morgan fingerprint density at radius 1 is 1.42 bits per heavy atom. The van der Waals surface area contributed by atoms with Gasteiger partial charge in [0.1, 0.15) is 0 Å². The van der Waals surface area contributed by atoms with Crippen LogP contribution in [-0.4, -0.2) is 29.3 Å². The van der Waals surface area contributed by atoms with E-state index in [9.17, 15) is 0 Å². The van der Waals surface area contributed by atoms with Gasteiger partial charge in [0.15, 0.2) is 0 Å². The van der Waals surface area contributed by atoms with Crippen LogP contribution in [0.5, 0.6) is 0 Å². The average Bonchev–Trinajstić information content (AvgIpc) is 2.48. The molecule has 0 aromatic carbocycles. The lowest BCUT2D eigenvalue weighted by molar-refractivity contribution is 0.277. The molecule has 1 rings (SSSR count). The van der Waals surface area contributed by atoms with E-state index in [2.05, 4.69) is 37.2 Å². The van der Waals surface area contributed by atoms with Crippen molar-refractivity contribution < 1.29 is 0 Å². The second-order valence-electron chi connectivity index (χ2n) is 3.61. The Bertz CT molecular complexity index is 153. The highest BCUT2D eigenvalue weighted by Crippen LogP contribution is 2.36. The lowest BCUT2D eigenvalue weighted by Crippen LogP contribution is -2.36. The van der Waals surface area contributed by atoms with Crippen LogP contribution >= 0.6 is 11.8 Å². The molecule has 0 spiro atoms. The van der Waals surface area contributed by atoms with E-state index in [0.29, 0.717) is 4.75 Å². The van der Waals surface area contributed by atoms with Crippen molar-refractivity contribution in [2.45, 2.75) is 31.9 Å². The fourth-order valence-corrected chi connectivity index (χ4v) is 2.55. The first-order chi connectivity index (χ1) is 5.70. The first-order valence-corrected chi connectivity index (χ1v) is 5.63. The number of hydrogen-bond acceptors (Lipinski definition) is 2. The Hall–Kier alpha value is 0.0500. The van der Waals surface area contributed by atoms with E-state index in [0.717, 1.165) is 0 Å². The topological polar surface area (TPSA) is 3.24 Å². The molecule has 0 aromatic heterocycles. The molecule has 0 saturated carbocycles.